The fourth-order valence-corrected chi connectivity index (χ4v) is 2.18. The summed E-state index contributed by atoms with van der Waals surface area (Å²) < 4.78 is 6.48. The molecule has 1 N–H and O–H groups in total. The molecule has 3 nitrogen and oxygen atoms in total. The summed E-state index contributed by atoms with van der Waals surface area (Å²) in [5, 5.41) is 2.89. The molecule has 0 atom stereocenters. The van der Waals surface area contributed by atoms with Gasteiger partial charge in [0, 0.05) is 16.7 Å². The molecule has 0 fully saturated rings. The van der Waals surface area contributed by atoms with Gasteiger partial charge < -0.3 is 10.1 Å². The van der Waals surface area contributed by atoms with Crippen LogP contribution in [0.15, 0.2) is 18.2 Å². The number of carbonyl (C=O) groups is 1. The van der Waals surface area contributed by atoms with Gasteiger partial charge in [-0.3, -0.25) is 4.79 Å². The first-order valence-corrected chi connectivity index (χ1v) is 7.71. The smallest absolute Gasteiger partial charge is 0.252 e. The van der Waals surface area contributed by atoms with E-state index in [1.807, 2.05) is 25.1 Å². The summed E-state index contributed by atoms with van der Waals surface area (Å²) in [6.07, 6.45) is 1.06. The van der Waals surface area contributed by atoms with Crippen LogP contribution in [0.4, 0.5) is 0 Å². The van der Waals surface area contributed by atoms with Crippen molar-refractivity contribution in [1.82, 2.24) is 5.32 Å². The fourth-order valence-electron chi connectivity index (χ4n) is 1.58. The van der Waals surface area contributed by atoms with Gasteiger partial charge in [0.2, 0.25) is 0 Å². The molecule has 0 radical (unpaired) electrons. The minimum atomic E-state index is -0.0273. The number of benzene rings is 1. The molecule has 1 aromatic carbocycles. The van der Waals surface area contributed by atoms with Gasteiger partial charge in [-0.2, -0.15) is 0 Å². The molecule has 0 spiro atoms. The van der Waals surface area contributed by atoms with Crippen molar-refractivity contribution in [2.75, 3.05) is 19.8 Å². The molecule has 106 valence electrons. The van der Waals surface area contributed by atoms with Crippen LogP contribution in [0, 0.1) is 16.4 Å². The molecule has 0 heterocycles. The number of hydrogen-bond acceptors (Lipinski definition) is 2. The summed E-state index contributed by atoms with van der Waals surface area (Å²) >= 11 is 2.21. The average molecular weight is 375 g/mol. The van der Waals surface area contributed by atoms with E-state index >= 15 is 0 Å². The van der Waals surface area contributed by atoms with E-state index in [4.69, 9.17) is 4.74 Å². The SMILES string of the molecule is Cc1cccc(C(=O)NCCOCCC(C)C)c1I. The van der Waals surface area contributed by atoms with Crippen LogP contribution >= 0.6 is 22.6 Å². The second kappa shape index (κ2) is 8.53. The second-order valence-electron chi connectivity index (χ2n) is 4.99. The van der Waals surface area contributed by atoms with Crippen molar-refractivity contribution in [2.45, 2.75) is 27.2 Å². The minimum Gasteiger partial charge on any atom is -0.380 e. The topological polar surface area (TPSA) is 38.3 Å². The minimum absolute atomic E-state index is 0.0273. The Morgan fingerprint density at radius 1 is 1.37 bits per heavy atom. The molecule has 0 aliphatic heterocycles. The lowest BCUT2D eigenvalue weighted by atomic mass is 10.1. The monoisotopic (exact) mass is 375 g/mol. The Balaban J connectivity index is 2.30. The van der Waals surface area contributed by atoms with Gasteiger partial charge in [0.15, 0.2) is 0 Å². The quantitative estimate of drug-likeness (QED) is 0.586. The molecule has 1 aromatic rings. The Labute approximate surface area is 129 Å². The van der Waals surface area contributed by atoms with Gasteiger partial charge in [0.25, 0.3) is 5.91 Å². The van der Waals surface area contributed by atoms with Crippen molar-refractivity contribution < 1.29 is 9.53 Å². The van der Waals surface area contributed by atoms with Crippen LogP contribution in [0.1, 0.15) is 36.2 Å². The summed E-state index contributed by atoms with van der Waals surface area (Å²) in [4.78, 5) is 12.0. The van der Waals surface area contributed by atoms with Gasteiger partial charge in [-0.25, -0.2) is 0 Å². The predicted octanol–water partition coefficient (Wildman–Crippen LogP) is 3.39. The Morgan fingerprint density at radius 2 is 2.11 bits per heavy atom. The molecule has 1 rings (SSSR count). The van der Waals surface area contributed by atoms with Crippen LogP contribution in [0.25, 0.3) is 0 Å². The second-order valence-corrected chi connectivity index (χ2v) is 6.07. The Bertz CT molecular complexity index is 419. The largest absolute Gasteiger partial charge is 0.380 e. The van der Waals surface area contributed by atoms with Crippen molar-refractivity contribution in [1.29, 1.82) is 0 Å². The molecule has 0 aromatic heterocycles. The summed E-state index contributed by atoms with van der Waals surface area (Å²) in [7, 11) is 0. The molecule has 4 heteroatoms. The number of nitrogens with one attached hydrogen (secondary N) is 1. The van der Waals surface area contributed by atoms with Crippen molar-refractivity contribution in [2.24, 2.45) is 5.92 Å². The molecular formula is C15H22INO2. The first-order valence-electron chi connectivity index (χ1n) is 6.63. The zero-order chi connectivity index (χ0) is 14.3. The van der Waals surface area contributed by atoms with Crippen molar-refractivity contribution in [3.63, 3.8) is 0 Å². The van der Waals surface area contributed by atoms with Gasteiger partial charge in [0.05, 0.1) is 12.2 Å². The maximum absolute atomic E-state index is 12.0. The zero-order valence-corrected chi connectivity index (χ0v) is 14.0. The van der Waals surface area contributed by atoms with Crippen molar-refractivity contribution in [3.05, 3.63) is 32.9 Å². The highest BCUT2D eigenvalue weighted by Gasteiger charge is 2.10. The molecule has 1 amide bonds. The molecule has 0 saturated carbocycles. The zero-order valence-electron chi connectivity index (χ0n) is 11.8. The van der Waals surface area contributed by atoms with E-state index in [2.05, 4.69) is 41.8 Å². The maximum Gasteiger partial charge on any atom is 0.252 e. The number of aryl methyl sites for hydroxylation is 1. The molecule has 0 bridgehead atoms. The van der Waals surface area contributed by atoms with Gasteiger partial charge in [-0.05, 0) is 53.5 Å². The van der Waals surface area contributed by atoms with Gasteiger partial charge in [0.1, 0.15) is 0 Å². The number of ether oxygens (including phenoxy) is 1. The van der Waals surface area contributed by atoms with Gasteiger partial charge in [-0.1, -0.05) is 26.0 Å². The third-order valence-corrected chi connectivity index (χ3v) is 4.24. The van der Waals surface area contributed by atoms with E-state index in [9.17, 15) is 4.79 Å². The predicted molar refractivity (Wildman–Crippen MR) is 86.5 cm³/mol. The first kappa shape index (κ1) is 16.4. The summed E-state index contributed by atoms with van der Waals surface area (Å²) in [6.45, 7) is 8.24. The van der Waals surface area contributed by atoms with E-state index in [0.717, 1.165) is 27.7 Å². The molecule has 0 aliphatic rings. The number of halogens is 1. The lowest BCUT2D eigenvalue weighted by molar-refractivity contribution is 0.0905. The number of carbonyl (C=O) groups excluding carboxylic acids is 1. The van der Waals surface area contributed by atoms with Crippen LogP contribution in [0.2, 0.25) is 0 Å². The standard InChI is InChI=1S/C15H22INO2/c1-11(2)7-9-19-10-8-17-15(18)13-6-4-5-12(3)14(13)16/h4-6,11H,7-10H2,1-3H3,(H,17,18). The number of hydrogen-bond donors (Lipinski definition) is 1. The molecule has 19 heavy (non-hydrogen) atoms. The maximum atomic E-state index is 12.0. The molecular weight excluding hydrogens is 353 g/mol. The van der Waals surface area contributed by atoms with Crippen LogP contribution in [-0.2, 0) is 4.74 Å². The number of amides is 1. The van der Waals surface area contributed by atoms with E-state index in [-0.39, 0.29) is 5.91 Å². The number of rotatable bonds is 7. The third-order valence-electron chi connectivity index (χ3n) is 2.81. The lowest BCUT2D eigenvalue weighted by Gasteiger charge is -2.09. The van der Waals surface area contributed by atoms with Gasteiger partial charge in [-0.15, -0.1) is 0 Å². The van der Waals surface area contributed by atoms with Crippen LogP contribution in [-0.4, -0.2) is 25.7 Å². The van der Waals surface area contributed by atoms with E-state index in [1.165, 1.54) is 0 Å². The molecule has 0 unspecified atom stereocenters. The Kier molecular flexibility index (Phi) is 7.38. The normalized spacial score (nSPS) is 10.8. The molecule has 0 saturated heterocycles. The van der Waals surface area contributed by atoms with Crippen LogP contribution < -0.4 is 5.32 Å². The summed E-state index contributed by atoms with van der Waals surface area (Å²) in [6, 6.07) is 5.77. The first-order chi connectivity index (χ1) is 9.02. The Morgan fingerprint density at radius 3 is 2.79 bits per heavy atom. The average Bonchev–Trinajstić information content (AvgIpc) is 2.36. The van der Waals surface area contributed by atoms with Crippen LogP contribution in [0.3, 0.4) is 0 Å². The highest BCUT2D eigenvalue weighted by Crippen LogP contribution is 2.16. The van der Waals surface area contributed by atoms with E-state index in [0.29, 0.717) is 19.1 Å². The Hall–Kier alpha value is -0.620. The lowest BCUT2D eigenvalue weighted by Crippen LogP contribution is -2.28. The highest BCUT2D eigenvalue weighted by molar-refractivity contribution is 14.1. The van der Waals surface area contributed by atoms with Crippen molar-refractivity contribution >= 4 is 28.5 Å². The summed E-state index contributed by atoms with van der Waals surface area (Å²) in [5.74, 6) is 0.629. The van der Waals surface area contributed by atoms with Gasteiger partial charge >= 0.3 is 0 Å². The molecule has 0 aliphatic carbocycles. The fraction of sp³-hybridized carbons (Fsp3) is 0.533. The highest BCUT2D eigenvalue weighted by atomic mass is 127. The van der Waals surface area contributed by atoms with E-state index in [1.54, 1.807) is 0 Å². The third kappa shape index (κ3) is 5.91. The van der Waals surface area contributed by atoms with E-state index < -0.39 is 0 Å². The summed E-state index contributed by atoms with van der Waals surface area (Å²) in [5.41, 5.74) is 1.87. The van der Waals surface area contributed by atoms with Crippen LogP contribution in [0.5, 0.6) is 0 Å². The van der Waals surface area contributed by atoms with Crippen molar-refractivity contribution in [3.8, 4) is 0 Å².